The minimum absolute atomic E-state index is 0.0620. The summed E-state index contributed by atoms with van der Waals surface area (Å²) in [6.07, 6.45) is -4.10. The van der Waals surface area contributed by atoms with Crippen LogP contribution >= 0.6 is 23.2 Å². The van der Waals surface area contributed by atoms with Crippen LogP contribution in [0.4, 0.5) is 13.2 Å². The fourth-order valence-electron chi connectivity index (χ4n) is 2.81. The van der Waals surface area contributed by atoms with Gasteiger partial charge in [-0.3, -0.25) is 0 Å². The predicted octanol–water partition coefficient (Wildman–Crippen LogP) is 5.40. The summed E-state index contributed by atoms with van der Waals surface area (Å²) in [5, 5.41) is 10.8. The number of hydrogen-bond acceptors (Lipinski definition) is 1. The molecule has 0 heterocycles. The van der Waals surface area contributed by atoms with Gasteiger partial charge in [0.05, 0.1) is 22.1 Å². The van der Waals surface area contributed by atoms with Crippen molar-refractivity contribution in [2.75, 3.05) is 0 Å². The topological polar surface area (TPSA) is 20.2 Å². The summed E-state index contributed by atoms with van der Waals surface area (Å²) in [7, 11) is 0. The standard InChI is InChI=1S/C14H15Cl2F3O/c15-11-6-2-5-10(12(11)16)13(20)8-3-1-4-9(7-8)14(17,18)19/h2,5-6,8-9,13,20H,1,3-4,7H2. The Bertz CT molecular complexity index is 476. The van der Waals surface area contributed by atoms with Crippen LogP contribution in [0.25, 0.3) is 0 Å². The second-order valence-electron chi connectivity index (χ2n) is 5.25. The third kappa shape index (κ3) is 3.41. The number of halogens is 5. The summed E-state index contributed by atoms with van der Waals surface area (Å²) in [4.78, 5) is 0. The molecule has 0 radical (unpaired) electrons. The molecule has 1 aromatic carbocycles. The van der Waals surface area contributed by atoms with Gasteiger partial charge in [0.25, 0.3) is 0 Å². The van der Waals surface area contributed by atoms with E-state index in [4.69, 9.17) is 23.2 Å². The predicted molar refractivity (Wildman–Crippen MR) is 72.9 cm³/mol. The molecule has 0 saturated heterocycles. The molecule has 1 nitrogen and oxygen atoms in total. The Balaban J connectivity index is 2.16. The van der Waals surface area contributed by atoms with Crippen molar-refractivity contribution < 1.29 is 18.3 Å². The first-order chi connectivity index (χ1) is 9.30. The summed E-state index contributed by atoms with van der Waals surface area (Å²) in [6.45, 7) is 0. The number of benzene rings is 1. The molecule has 3 atom stereocenters. The van der Waals surface area contributed by atoms with E-state index < -0.39 is 24.1 Å². The molecular formula is C14H15Cl2F3O. The molecule has 0 aromatic heterocycles. The molecule has 1 aromatic rings. The monoisotopic (exact) mass is 326 g/mol. The lowest BCUT2D eigenvalue weighted by molar-refractivity contribution is -0.189. The first-order valence-corrected chi connectivity index (χ1v) is 7.25. The highest BCUT2D eigenvalue weighted by Crippen LogP contribution is 2.45. The maximum atomic E-state index is 12.8. The Morgan fingerprint density at radius 2 is 1.90 bits per heavy atom. The second kappa shape index (κ2) is 6.12. The van der Waals surface area contributed by atoms with Crippen molar-refractivity contribution in [1.29, 1.82) is 0 Å². The van der Waals surface area contributed by atoms with Gasteiger partial charge in [0.15, 0.2) is 0 Å². The van der Waals surface area contributed by atoms with Crippen LogP contribution in [-0.4, -0.2) is 11.3 Å². The molecule has 1 aliphatic carbocycles. The van der Waals surface area contributed by atoms with E-state index in [1.807, 2.05) is 0 Å². The van der Waals surface area contributed by atoms with Crippen LogP contribution in [0.3, 0.4) is 0 Å². The number of rotatable bonds is 2. The highest BCUT2D eigenvalue weighted by Gasteiger charge is 2.43. The summed E-state index contributed by atoms with van der Waals surface area (Å²) in [5.41, 5.74) is 0.409. The molecule has 20 heavy (non-hydrogen) atoms. The molecule has 0 bridgehead atoms. The molecule has 2 rings (SSSR count). The van der Waals surface area contributed by atoms with Crippen LogP contribution in [0.5, 0.6) is 0 Å². The zero-order valence-corrected chi connectivity index (χ0v) is 12.1. The molecule has 0 spiro atoms. The van der Waals surface area contributed by atoms with Gasteiger partial charge in [0.1, 0.15) is 0 Å². The van der Waals surface area contributed by atoms with E-state index in [0.717, 1.165) is 0 Å². The van der Waals surface area contributed by atoms with Gasteiger partial charge in [-0.05, 0) is 31.2 Å². The van der Waals surface area contributed by atoms with Gasteiger partial charge in [0, 0.05) is 5.56 Å². The summed E-state index contributed by atoms with van der Waals surface area (Å²) in [5.74, 6) is -1.78. The van der Waals surface area contributed by atoms with Gasteiger partial charge in [-0.1, -0.05) is 41.8 Å². The van der Waals surface area contributed by atoms with Crippen molar-refractivity contribution in [3.63, 3.8) is 0 Å². The molecule has 1 saturated carbocycles. The Hall–Kier alpha value is -0.450. The SMILES string of the molecule is OC(c1cccc(Cl)c1Cl)C1CCCC(C(F)(F)F)C1. The third-order valence-electron chi connectivity index (χ3n) is 3.92. The van der Waals surface area contributed by atoms with Gasteiger partial charge >= 0.3 is 6.18 Å². The van der Waals surface area contributed by atoms with Crippen molar-refractivity contribution in [2.45, 2.75) is 38.0 Å². The summed E-state index contributed by atoms with van der Waals surface area (Å²) < 4.78 is 38.4. The molecule has 0 amide bonds. The molecule has 1 aliphatic rings. The zero-order chi connectivity index (χ0) is 14.9. The van der Waals surface area contributed by atoms with E-state index in [2.05, 4.69) is 0 Å². The van der Waals surface area contributed by atoms with Crippen molar-refractivity contribution in [2.24, 2.45) is 11.8 Å². The van der Waals surface area contributed by atoms with Gasteiger partial charge in [-0.2, -0.15) is 13.2 Å². The van der Waals surface area contributed by atoms with Gasteiger partial charge in [-0.15, -0.1) is 0 Å². The molecule has 0 aliphatic heterocycles. The first-order valence-electron chi connectivity index (χ1n) is 6.49. The Morgan fingerprint density at radius 3 is 2.55 bits per heavy atom. The van der Waals surface area contributed by atoms with Crippen molar-refractivity contribution in [1.82, 2.24) is 0 Å². The fourth-order valence-corrected chi connectivity index (χ4v) is 3.23. The average molecular weight is 327 g/mol. The quantitative estimate of drug-likeness (QED) is 0.771. The van der Waals surface area contributed by atoms with E-state index >= 15 is 0 Å². The van der Waals surface area contributed by atoms with Crippen LogP contribution in [0.2, 0.25) is 10.0 Å². The van der Waals surface area contributed by atoms with Gasteiger partial charge in [0.2, 0.25) is 0 Å². The lowest BCUT2D eigenvalue weighted by Crippen LogP contribution is -2.31. The smallest absolute Gasteiger partial charge is 0.388 e. The van der Waals surface area contributed by atoms with Crippen molar-refractivity contribution >= 4 is 23.2 Å². The molecule has 1 fully saturated rings. The van der Waals surface area contributed by atoms with Gasteiger partial charge in [-0.25, -0.2) is 0 Å². The molecular weight excluding hydrogens is 312 g/mol. The number of alkyl halides is 3. The van der Waals surface area contributed by atoms with E-state index in [1.165, 1.54) is 0 Å². The average Bonchev–Trinajstić information content (AvgIpc) is 2.40. The number of aliphatic hydroxyl groups excluding tert-OH is 1. The zero-order valence-electron chi connectivity index (χ0n) is 10.6. The maximum absolute atomic E-state index is 12.8. The summed E-state index contributed by atoms with van der Waals surface area (Å²) in [6, 6.07) is 4.83. The normalized spacial score (nSPS) is 25.5. The number of aliphatic hydroxyl groups is 1. The number of hydrogen-bond donors (Lipinski definition) is 1. The summed E-state index contributed by atoms with van der Waals surface area (Å²) >= 11 is 11.9. The Morgan fingerprint density at radius 1 is 1.20 bits per heavy atom. The third-order valence-corrected chi connectivity index (χ3v) is 4.76. The van der Waals surface area contributed by atoms with E-state index in [-0.39, 0.29) is 17.9 Å². The van der Waals surface area contributed by atoms with Crippen LogP contribution in [0.1, 0.15) is 37.4 Å². The Kier molecular flexibility index (Phi) is 4.88. The molecule has 1 N–H and O–H groups in total. The lowest BCUT2D eigenvalue weighted by Gasteiger charge is -2.33. The fraction of sp³-hybridized carbons (Fsp3) is 0.571. The molecule has 6 heteroatoms. The molecule has 112 valence electrons. The van der Waals surface area contributed by atoms with Crippen LogP contribution in [-0.2, 0) is 0 Å². The largest absolute Gasteiger partial charge is 0.391 e. The minimum Gasteiger partial charge on any atom is -0.388 e. The highest BCUT2D eigenvalue weighted by molar-refractivity contribution is 6.42. The highest BCUT2D eigenvalue weighted by atomic mass is 35.5. The van der Waals surface area contributed by atoms with Crippen LogP contribution in [0, 0.1) is 11.8 Å². The van der Waals surface area contributed by atoms with Crippen LogP contribution < -0.4 is 0 Å². The van der Waals surface area contributed by atoms with E-state index in [0.29, 0.717) is 23.4 Å². The first kappa shape index (κ1) is 15.9. The van der Waals surface area contributed by atoms with Crippen molar-refractivity contribution in [3.05, 3.63) is 33.8 Å². The Labute approximate surface area is 125 Å². The van der Waals surface area contributed by atoms with Crippen LogP contribution in [0.15, 0.2) is 18.2 Å². The van der Waals surface area contributed by atoms with E-state index in [9.17, 15) is 18.3 Å². The maximum Gasteiger partial charge on any atom is 0.391 e. The van der Waals surface area contributed by atoms with Crippen molar-refractivity contribution in [3.8, 4) is 0 Å². The van der Waals surface area contributed by atoms with E-state index in [1.54, 1.807) is 18.2 Å². The second-order valence-corrected chi connectivity index (χ2v) is 6.04. The lowest BCUT2D eigenvalue weighted by atomic mass is 9.77. The van der Waals surface area contributed by atoms with Gasteiger partial charge < -0.3 is 5.11 Å². The minimum atomic E-state index is -4.20. The molecule has 3 unspecified atom stereocenters.